The minimum Gasteiger partial charge on any atom is -0.435 e. The van der Waals surface area contributed by atoms with E-state index in [1.165, 1.54) is 32.4 Å². The van der Waals surface area contributed by atoms with E-state index in [1.54, 1.807) is 0 Å². The van der Waals surface area contributed by atoms with Crippen molar-refractivity contribution in [3.8, 4) is 0 Å². The van der Waals surface area contributed by atoms with Crippen LogP contribution in [-0.4, -0.2) is 92.4 Å². The number of carbonyl (C=O) groups is 1. The first kappa shape index (κ1) is 23.8. The van der Waals surface area contributed by atoms with E-state index in [0.717, 1.165) is 48.5 Å². The molecule has 6 aliphatic rings. The Balaban J connectivity index is 1.14. The topological polar surface area (TPSA) is 62.3 Å². The number of fused-ring (bicyclic) bond motifs is 3. The average Bonchev–Trinajstić information content (AvgIpc) is 3.84. The molecule has 4 atom stereocenters. The van der Waals surface area contributed by atoms with Gasteiger partial charge in [0.05, 0.1) is 33.8 Å². The SMILES string of the molecule is O=C(OC12CC1=S(=O)(c1ccc(Cl)cc1)N1[C@H](C3CC3)COC[C@@H]12)N1CCC(N2CCCCC2)CC1. The Hall–Kier alpha value is -1.32. The van der Waals surface area contributed by atoms with Gasteiger partial charge in [-0.15, -0.1) is 0 Å². The molecule has 1 aromatic carbocycles. The summed E-state index contributed by atoms with van der Waals surface area (Å²) in [5, 5.41) is 0.628. The van der Waals surface area contributed by atoms with Gasteiger partial charge in [0.2, 0.25) is 0 Å². The first-order valence-electron chi connectivity index (χ1n) is 13.7. The normalized spacial score (nSPS) is 37.5. The van der Waals surface area contributed by atoms with Crippen LogP contribution >= 0.6 is 11.6 Å². The quantitative estimate of drug-likeness (QED) is 0.551. The summed E-state index contributed by atoms with van der Waals surface area (Å²) in [6, 6.07) is 7.88. The molecule has 2 saturated carbocycles. The number of hydrogen-bond acceptors (Lipinski definition) is 5. The molecule has 9 heteroatoms. The summed E-state index contributed by atoms with van der Waals surface area (Å²) in [5.41, 5.74) is -0.801. The number of hydrogen-bond donors (Lipinski definition) is 0. The third-order valence-corrected chi connectivity index (χ3v) is 12.8. The van der Waals surface area contributed by atoms with Gasteiger partial charge in [-0.2, -0.15) is 0 Å². The molecule has 0 spiro atoms. The molecule has 3 saturated heterocycles. The van der Waals surface area contributed by atoms with Gasteiger partial charge in [0.15, 0.2) is 5.60 Å². The van der Waals surface area contributed by atoms with Crippen LogP contribution in [0.15, 0.2) is 29.2 Å². The lowest BCUT2D eigenvalue weighted by Crippen LogP contribution is -2.58. The Morgan fingerprint density at radius 2 is 1.72 bits per heavy atom. The second-order valence-corrected chi connectivity index (χ2v) is 14.3. The maximum atomic E-state index is 14.9. The van der Waals surface area contributed by atoms with Crippen LogP contribution in [-0.2, 0) is 19.2 Å². The molecule has 1 amide bonds. The maximum absolute atomic E-state index is 14.9. The van der Waals surface area contributed by atoms with E-state index in [9.17, 15) is 9.00 Å². The molecule has 196 valence electrons. The maximum Gasteiger partial charge on any atom is 0.410 e. The zero-order valence-corrected chi connectivity index (χ0v) is 22.4. The molecule has 4 heterocycles. The lowest BCUT2D eigenvalue weighted by molar-refractivity contribution is -0.0637. The van der Waals surface area contributed by atoms with Crippen molar-refractivity contribution in [2.45, 2.75) is 80.0 Å². The number of carbonyl (C=O) groups excluding carboxylic acids is 1. The Morgan fingerprint density at radius 3 is 2.42 bits per heavy atom. The highest BCUT2D eigenvalue weighted by atomic mass is 35.5. The van der Waals surface area contributed by atoms with Gasteiger partial charge in [-0.05, 0) is 81.8 Å². The molecule has 0 N–H and O–H groups in total. The summed E-state index contributed by atoms with van der Waals surface area (Å²) in [6.07, 6.45) is 8.51. The number of piperidine rings is 2. The fourth-order valence-corrected chi connectivity index (χ4v) is 10.8. The van der Waals surface area contributed by atoms with Crippen molar-refractivity contribution in [2.24, 2.45) is 5.92 Å². The molecule has 1 aromatic rings. The second kappa shape index (κ2) is 8.87. The molecule has 7 rings (SSSR count). The lowest BCUT2D eigenvalue weighted by Gasteiger charge is -2.43. The summed E-state index contributed by atoms with van der Waals surface area (Å²) in [5.74, 6) is 0.501. The van der Waals surface area contributed by atoms with Gasteiger partial charge in [-0.1, -0.05) is 18.0 Å². The van der Waals surface area contributed by atoms with Crippen molar-refractivity contribution < 1.29 is 18.5 Å². The fraction of sp³-hybridized carbons (Fsp3) is 0.704. The highest BCUT2D eigenvalue weighted by Gasteiger charge is 2.73. The Labute approximate surface area is 219 Å². The minimum atomic E-state index is -2.66. The fourth-order valence-electron chi connectivity index (χ4n) is 7.13. The van der Waals surface area contributed by atoms with E-state index in [1.807, 2.05) is 29.2 Å². The van der Waals surface area contributed by atoms with Gasteiger partial charge in [0, 0.05) is 41.5 Å². The van der Waals surface area contributed by atoms with Crippen LogP contribution in [0.3, 0.4) is 0 Å². The number of amides is 1. The van der Waals surface area contributed by atoms with Gasteiger partial charge < -0.3 is 19.3 Å². The van der Waals surface area contributed by atoms with Crippen molar-refractivity contribution >= 4 is 32.3 Å². The molecule has 0 radical (unpaired) electrons. The molecular formula is C27H36ClN3O4S. The van der Waals surface area contributed by atoms with Crippen LogP contribution in [0.25, 0.3) is 0 Å². The van der Waals surface area contributed by atoms with Crippen LogP contribution < -0.4 is 0 Å². The molecule has 4 aliphatic heterocycles. The van der Waals surface area contributed by atoms with Crippen LogP contribution in [0.4, 0.5) is 4.79 Å². The Kier molecular flexibility index (Phi) is 5.86. The van der Waals surface area contributed by atoms with Crippen molar-refractivity contribution in [3.63, 3.8) is 0 Å². The van der Waals surface area contributed by atoms with E-state index < -0.39 is 15.3 Å². The third-order valence-electron chi connectivity index (χ3n) is 9.34. The number of morpholine rings is 1. The zero-order chi connectivity index (χ0) is 24.5. The van der Waals surface area contributed by atoms with Crippen molar-refractivity contribution in [2.75, 3.05) is 39.4 Å². The predicted molar refractivity (Wildman–Crippen MR) is 140 cm³/mol. The number of benzene rings is 1. The van der Waals surface area contributed by atoms with Crippen LogP contribution in [0.2, 0.25) is 5.02 Å². The van der Waals surface area contributed by atoms with Gasteiger partial charge in [-0.25, -0.2) is 13.3 Å². The summed E-state index contributed by atoms with van der Waals surface area (Å²) in [7, 11) is -2.66. The highest BCUT2D eigenvalue weighted by molar-refractivity contribution is 8.01. The number of halogens is 1. The molecule has 2 unspecified atom stereocenters. The first-order valence-corrected chi connectivity index (χ1v) is 15.6. The monoisotopic (exact) mass is 533 g/mol. The predicted octanol–water partition coefficient (Wildman–Crippen LogP) is 3.79. The second-order valence-electron chi connectivity index (χ2n) is 11.5. The number of rotatable bonds is 4. The van der Waals surface area contributed by atoms with E-state index in [2.05, 4.69) is 9.21 Å². The summed E-state index contributed by atoms with van der Waals surface area (Å²) < 4.78 is 29.6. The van der Waals surface area contributed by atoms with Gasteiger partial charge in [0.25, 0.3) is 0 Å². The first-order chi connectivity index (χ1) is 17.5. The Morgan fingerprint density at radius 1 is 1.00 bits per heavy atom. The summed E-state index contributed by atoms with van der Waals surface area (Å²) in [4.78, 5) is 19.6. The van der Waals surface area contributed by atoms with E-state index in [4.69, 9.17) is 21.1 Å². The highest BCUT2D eigenvalue weighted by Crippen LogP contribution is 2.56. The number of nitrogens with zero attached hydrogens (tertiary/aromatic N) is 3. The molecular weight excluding hydrogens is 498 g/mol. The molecule has 0 bridgehead atoms. The van der Waals surface area contributed by atoms with Crippen LogP contribution in [0.5, 0.6) is 0 Å². The van der Waals surface area contributed by atoms with Gasteiger partial charge >= 0.3 is 6.09 Å². The van der Waals surface area contributed by atoms with E-state index in [0.29, 0.717) is 36.6 Å². The van der Waals surface area contributed by atoms with Gasteiger partial charge in [0.1, 0.15) is 0 Å². The number of ether oxygens (including phenoxy) is 2. The van der Waals surface area contributed by atoms with Gasteiger partial charge in [-0.3, -0.25) is 0 Å². The van der Waals surface area contributed by atoms with E-state index in [-0.39, 0.29) is 18.2 Å². The summed E-state index contributed by atoms with van der Waals surface area (Å²) >= 11 is 6.17. The van der Waals surface area contributed by atoms with Crippen molar-refractivity contribution in [3.05, 3.63) is 29.3 Å². The van der Waals surface area contributed by atoms with Crippen LogP contribution in [0, 0.1) is 5.92 Å². The molecule has 0 aromatic heterocycles. The molecule has 36 heavy (non-hydrogen) atoms. The summed E-state index contributed by atoms with van der Waals surface area (Å²) in [6.45, 7) is 4.88. The smallest absolute Gasteiger partial charge is 0.410 e. The molecule has 7 nitrogen and oxygen atoms in total. The van der Waals surface area contributed by atoms with Crippen molar-refractivity contribution in [1.29, 1.82) is 0 Å². The van der Waals surface area contributed by atoms with Crippen molar-refractivity contribution in [1.82, 2.24) is 14.1 Å². The lowest BCUT2D eigenvalue weighted by atomic mass is 10.0. The van der Waals surface area contributed by atoms with Crippen LogP contribution in [0.1, 0.15) is 51.4 Å². The minimum absolute atomic E-state index is 0.100. The molecule has 2 aliphatic carbocycles. The number of likely N-dealkylation sites (tertiary alicyclic amines) is 2. The average molecular weight is 534 g/mol. The van der Waals surface area contributed by atoms with E-state index >= 15 is 0 Å². The molecule has 5 fully saturated rings. The Bertz CT molecular complexity index is 1150. The zero-order valence-electron chi connectivity index (χ0n) is 20.8. The third kappa shape index (κ3) is 3.74. The standard InChI is InChI=1S/C27H36ClN3O4S/c28-20-6-8-22(9-7-20)36(33)25-16-27(25,24-18-34-17-23(31(24)36)19-4-5-19)35-26(32)30-14-10-21(11-15-30)29-12-2-1-3-13-29/h6-9,19,21,23-24H,1-5,10-18H2/t23-,24+,27?,36?/m0/s1. The largest absolute Gasteiger partial charge is 0.435 e.